The maximum atomic E-state index is 4.34. The Morgan fingerprint density at radius 3 is 2.92 bits per heavy atom. The fourth-order valence-electron chi connectivity index (χ4n) is 1.36. The van der Waals surface area contributed by atoms with Gasteiger partial charge in [0, 0.05) is 11.6 Å². The highest BCUT2D eigenvalue weighted by molar-refractivity contribution is 5.81. The number of aromatic nitrogens is 1. The van der Waals surface area contributed by atoms with Crippen LogP contribution in [0.4, 0.5) is 0 Å². The van der Waals surface area contributed by atoms with E-state index in [1.54, 1.807) is 0 Å². The molecule has 1 heterocycles. The maximum Gasteiger partial charge on any atom is 0.0705 e. The van der Waals surface area contributed by atoms with Gasteiger partial charge in [-0.1, -0.05) is 24.8 Å². The predicted octanol–water partition coefficient (Wildman–Crippen LogP) is 3.19. The van der Waals surface area contributed by atoms with Gasteiger partial charge in [0.2, 0.25) is 0 Å². The van der Waals surface area contributed by atoms with Crippen LogP contribution in [0.3, 0.4) is 0 Å². The Labute approximate surface area is 77.7 Å². The van der Waals surface area contributed by atoms with Gasteiger partial charge < -0.3 is 0 Å². The lowest BCUT2D eigenvalue weighted by Crippen LogP contribution is -1.81. The van der Waals surface area contributed by atoms with E-state index < -0.39 is 0 Å². The average molecular weight is 169 g/mol. The molecule has 13 heavy (non-hydrogen) atoms. The molecule has 0 saturated heterocycles. The molecule has 0 fully saturated rings. The van der Waals surface area contributed by atoms with Crippen molar-refractivity contribution >= 4 is 17.0 Å². The summed E-state index contributed by atoms with van der Waals surface area (Å²) < 4.78 is 0. The Bertz CT molecular complexity index is 458. The molecule has 64 valence electrons. The summed E-state index contributed by atoms with van der Waals surface area (Å²) in [5, 5.41) is 1.17. The fourth-order valence-corrected chi connectivity index (χ4v) is 1.36. The quantitative estimate of drug-likeness (QED) is 0.638. The van der Waals surface area contributed by atoms with Crippen molar-refractivity contribution in [2.45, 2.75) is 6.92 Å². The maximum absolute atomic E-state index is 4.34. The third-order valence-electron chi connectivity index (χ3n) is 2.10. The highest BCUT2D eigenvalue weighted by Crippen LogP contribution is 2.15. The molecule has 0 aliphatic carbocycles. The molecule has 0 saturated carbocycles. The van der Waals surface area contributed by atoms with E-state index >= 15 is 0 Å². The van der Waals surface area contributed by atoms with Crippen molar-refractivity contribution in [3.05, 3.63) is 48.2 Å². The van der Waals surface area contributed by atoms with Crippen molar-refractivity contribution in [3.63, 3.8) is 0 Å². The molecule has 2 rings (SSSR count). The number of hydrogen-bond donors (Lipinski definition) is 0. The van der Waals surface area contributed by atoms with Gasteiger partial charge in [-0.25, -0.2) is 0 Å². The molecule has 1 aromatic heterocycles. The standard InChI is InChI=1S/C12H11N/c1-3-10-7-11-5-4-9(2)6-12(11)13-8-10/h3-8H,1H2,2H3. The summed E-state index contributed by atoms with van der Waals surface area (Å²) in [5.41, 5.74) is 3.35. The minimum absolute atomic E-state index is 1.05. The molecule has 0 atom stereocenters. The van der Waals surface area contributed by atoms with E-state index in [0.29, 0.717) is 0 Å². The highest BCUT2D eigenvalue weighted by atomic mass is 14.6. The molecular weight excluding hydrogens is 158 g/mol. The minimum atomic E-state index is 1.05. The number of hydrogen-bond acceptors (Lipinski definition) is 1. The summed E-state index contributed by atoms with van der Waals surface area (Å²) in [6, 6.07) is 8.36. The predicted molar refractivity (Wildman–Crippen MR) is 56.6 cm³/mol. The lowest BCUT2D eigenvalue weighted by molar-refractivity contribution is 1.38. The summed E-state index contributed by atoms with van der Waals surface area (Å²) in [7, 11) is 0. The Kier molecular flexibility index (Phi) is 1.85. The fraction of sp³-hybridized carbons (Fsp3) is 0.0833. The minimum Gasteiger partial charge on any atom is -0.256 e. The van der Waals surface area contributed by atoms with Crippen LogP contribution in [0.15, 0.2) is 37.0 Å². The van der Waals surface area contributed by atoms with Crippen molar-refractivity contribution in [2.24, 2.45) is 0 Å². The monoisotopic (exact) mass is 169 g/mol. The molecule has 0 bridgehead atoms. The third kappa shape index (κ3) is 1.45. The first-order chi connectivity index (χ1) is 6.29. The van der Waals surface area contributed by atoms with Crippen LogP contribution in [0.2, 0.25) is 0 Å². The molecule has 2 aromatic rings. The molecule has 0 N–H and O–H groups in total. The number of aryl methyl sites for hydroxylation is 1. The first-order valence-corrected chi connectivity index (χ1v) is 4.28. The van der Waals surface area contributed by atoms with Crippen LogP contribution in [0.1, 0.15) is 11.1 Å². The summed E-state index contributed by atoms with van der Waals surface area (Å²) >= 11 is 0. The number of fused-ring (bicyclic) bond motifs is 1. The molecule has 0 aliphatic heterocycles. The molecule has 1 aromatic carbocycles. The van der Waals surface area contributed by atoms with E-state index in [0.717, 1.165) is 11.1 Å². The van der Waals surface area contributed by atoms with Gasteiger partial charge in [0.05, 0.1) is 5.52 Å². The van der Waals surface area contributed by atoms with Gasteiger partial charge in [0.25, 0.3) is 0 Å². The van der Waals surface area contributed by atoms with Gasteiger partial charge in [-0.15, -0.1) is 0 Å². The third-order valence-corrected chi connectivity index (χ3v) is 2.10. The SMILES string of the molecule is C=Cc1cnc2cc(C)ccc2c1. The lowest BCUT2D eigenvalue weighted by atomic mass is 10.1. The van der Waals surface area contributed by atoms with Crippen LogP contribution in [-0.4, -0.2) is 4.98 Å². The smallest absolute Gasteiger partial charge is 0.0705 e. The zero-order chi connectivity index (χ0) is 9.26. The second-order valence-corrected chi connectivity index (χ2v) is 3.17. The molecule has 0 amide bonds. The summed E-state index contributed by atoms with van der Waals surface area (Å²) in [6.07, 6.45) is 3.65. The molecule has 0 unspecified atom stereocenters. The first kappa shape index (κ1) is 7.99. The van der Waals surface area contributed by atoms with E-state index in [1.165, 1.54) is 10.9 Å². The Morgan fingerprint density at radius 2 is 2.15 bits per heavy atom. The van der Waals surface area contributed by atoms with E-state index in [2.05, 4.69) is 42.8 Å². The molecule has 0 radical (unpaired) electrons. The lowest BCUT2D eigenvalue weighted by Gasteiger charge is -1.99. The van der Waals surface area contributed by atoms with E-state index in [4.69, 9.17) is 0 Å². The Balaban J connectivity index is 2.73. The largest absolute Gasteiger partial charge is 0.256 e. The number of nitrogens with zero attached hydrogens (tertiary/aromatic N) is 1. The molecule has 1 heteroatoms. The van der Waals surface area contributed by atoms with Gasteiger partial charge in [-0.05, 0) is 30.2 Å². The van der Waals surface area contributed by atoms with Crippen LogP contribution in [0, 0.1) is 6.92 Å². The van der Waals surface area contributed by atoms with Crippen LogP contribution in [-0.2, 0) is 0 Å². The van der Waals surface area contributed by atoms with Crippen molar-refractivity contribution < 1.29 is 0 Å². The normalized spacial score (nSPS) is 10.2. The zero-order valence-electron chi connectivity index (χ0n) is 7.62. The van der Waals surface area contributed by atoms with Crippen molar-refractivity contribution in [2.75, 3.05) is 0 Å². The Hall–Kier alpha value is -1.63. The first-order valence-electron chi connectivity index (χ1n) is 4.28. The van der Waals surface area contributed by atoms with Crippen molar-refractivity contribution in [1.29, 1.82) is 0 Å². The summed E-state index contributed by atoms with van der Waals surface area (Å²) in [6.45, 7) is 5.79. The second-order valence-electron chi connectivity index (χ2n) is 3.17. The van der Waals surface area contributed by atoms with Crippen LogP contribution >= 0.6 is 0 Å². The van der Waals surface area contributed by atoms with E-state index in [1.807, 2.05) is 12.3 Å². The van der Waals surface area contributed by atoms with E-state index in [-0.39, 0.29) is 0 Å². The van der Waals surface area contributed by atoms with Crippen LogP contribution in [0.5, 0.6) is 0 Å². The molecule has 0 aliphatic rings. The van der Waals surface area contributed by atoms with Crippen LogP contribution in [0.25, 0.3) is 17.0 Å². The van der Waals surface area contributed by atoms with Crippen molar-refractivity contribution in [1.82, 2.24) is 4.98 Å². The van der Waals surface area contributed by atoms with Gasteiger partial charge >= 0.3 is 0 Å². The summed E-state index contributed by atoms with van der Waals surface area (Å²) in [4.78, 5) is 4.34. The van der Waals surface area contributed by atoms with Crippen LogP contribution < -0.4 is 0 Å². The summed E-state index contributed by atoms with van der Waals surface area (Å²) in [5.74, 6) is 0. The van der Waals surface area contributed by atoms with Crippen molar-refractivity contribution in [3.8, 4) is 0 Å². The molecule has 1 nitrogen and oxygen atoms in total. The molecule has 0 spiro atoms. The molecular formula is C12H11N. The zero-order valence-corrected chi connectivity index (χ0v) is 7.62. The number of pyridine rings is 1. The van der Waals surface area contributed by atoms with E-state index in [9.17, 15) is 0 Å². The Morgan fingerprint density at radius 1 is 1.31 bits per heavy atom. The average Bonchev–Trinajstić information content (AvgIpc) is 2.17. The second kappa shape index (κ2) is 3.02. The number of benzene rings is 1. The van der Waals surface area contributed by atoms with Gasteiger partial charge in [-0.3, -0.25) is 4.98 Å². The topological polar surface area (TPSA) is 12.9 Å². The van der Waals surface area contributed by atoms with Gasteiger partial charge in [0.15, 0.2) is 0 Å². The van der Waals surface area contributed by atoms with Gasteiger partial charge in [0.1, 0.15) is 0 Å². The highest BCUT2D eigenvalue weighted by Gasteiger charge is 1.95. The van der Waals surface area contributed by atoms with Gasteiger partial charge in [-0.2, -0.15) is 0 Å². The number of rotatable bonds is 1.